The summed E-state index contributed by atoms with van der Waals surface area (Å²) in [6.07, 6.45) is 3.29. The van der Waals surface area contributed by atoms with Gasteiger partial charge in [0.25, 0.3) is 0 Å². The van der Waals surface area contributed by atoms with Gasteiger partial charge in [0.15, 0.2) is 0 Å². The zero-order valence-electron chi connectivity index (χ0n) is 7.26. The van der Waals surface area contributed by atoms with E-state index in [-0.39, 0.29) is 5.38 Å². The molecule has 0 heterocycles. The average Bonchev–Trinajstić information content (AvgIpc) is 2.18. The number of nitriles is 1. The predicted molar refractivity (Wildman–Crippen MR) is 52.7 cm³/mol. The fourth-order valence-corrected chi connectivity index (χ4v) is 2.17. The van der Waals surface area contributed by atoms with Crippen LogP contribution in [0.3, 0.4) is 0 Å². The molecule has 1 aliphatic rings. The SMILES string of the molecule is N#Cc1ccc2c(c1)C(Cl)CCC2. The summed E-state index contributed by atoms with van der Waals surface area (Å²) < 4.78 is 0. The maximum atomic E-state index is 8.73. The Kier molecular flexibility index (Phi) is 2.24. The molecule has 1 aliphatic carbocycles. The van der Waals surface area contributed by atoms with Crippen LogP contribution in [0.1, 0.15) is 34.9 Å². The first-order chi connectivity index (χ1) is 6.31. The summed E-state index contributed by atoms with van der Waals surface area (Å²) in [6.45, 7) is 0. The van der Waals surface area contributed by atoms with Crippen LogP contribution in [-0.4, -0.2) is 0 Å². The summed E-state index contributed by atoms with van der Waals surface area (Å²) in [7, 11) is 0. The standard InChI is InChI=1S/C11H10ClN/c12-11-3-1-2-9-5-4-8(7-13)6-10(9)11/h4-6,11H,1-3H2. The van der Waals surface area contributed by atoms with Crippen molar-refractivity contribution < 1.29 is 0 Å². The van der Waals surface area contributed by atoms with Crippen LogP contribution < -0.4 is 0 Å². The lowest BCUT2D eigenvalue weighted by molar-refractivity contribution is 0.667. The number of benzene rings is 1. The number of halogens is 1. The molecule has 0 bridgehead atoms. The van der Waals surface area contributed by atoms with E-state index in [1.807, 2.05) is 18.2 Å². The Balaban J connectivity index is 2.48. The van der Waals surface area contributed by atoms with Gasteiger partial charge in [-0.15, -0.1) is 11.6 Å². The third-order valence-corrected chi connectivity index (χ3v) is 2.97. The molecule has 0 N–H and O–H groups in total. The minimum absolute atomic E-state index is 0.108. The average molecular weight is 192 g/mol. The van der Waals surface area contributed by atoms with E-state index in [1.54, 1.807) is 0 Å². The van der Waals surface area contributed by atoms with Crippen molar-refractivity contribution in [2.75, 3.05) is 0 Å². The molecule has 0 radical (unpaired) electrons. The highest BCUT2D eigenvalue weighted by Gasteiger charge is 2.17. The zero-order chi connectivity index (χ0) is 9.26. The number of nitrogens with zero attached hydrogens (tertiary/aromatic N) is 1. The number of fused-ring (bicyclic) bond motifs is 1. The zero-order valence-corrected chi connectivity index (χ0v) is 8.01. The van der Waals surface area contributed by atoms with Crippen molar-refractivity contribution in [1.29, 1.82) is 5.26 Å². The smallest absolute Gasteiger partial charge is 0.0991 e. The minimum Gasteiger partial charge on any atom is -0.192 e. The molecular weight excluding hydrogens is 182 g/mol. The molecule has 2 rings (SSSR count). The van der Waals surface area contributed by atoms with Gasteiger partial charge in [0.1, 0.15) is 0 Å². The summed E-state index contributed by atoms with van der Waals surface area (Å²) in [6, 6.07) is 7.96. The van der Waals surface area contributed by atoms with Crippen molar-refractivity contribution in [2.24, 2.45) is 0 Å². The molecule has 0 spiro atoms. The lowest BCUT2D eigenvalue weighted by Gasteiger charge is -2.20. The van der Waals surface area contributed by atoms with Crippen LogP contribution in [0.25, 0.3) is 0 Å². The van der Waals surface area contributed by atoms with Gasteiger partial charge < -0.3 is 0 Å². The lowest BCUT2D eigenvalue weighted by atomic mass is 9.90. The van der Waals surface area contributed by atoms with Crippen molar-refractivity contribution in [3.8, 4) is 6.07 Å². The molecule has 0 saturated carbocycles. The molecule has 1 unspecified atom stereocenters. The highest BCUT2D eigenvalue weighted by atomic mass is 35.5. The van der Waals surface area contributed by atoms with Gasteiger partial charge in [-0.2, -0.15) is 5.26 Å². The van der Waals surface area contributed by atoms with Crippen LogP contribution in [0.2, 0.25) is 0 Å². The Morgan fingerprint density at radius 1 is 1.46 bits per heavy atom. The highest BCUT2D eigenvalue weighted by Crippen LogP contribution is 2.34. The monoisotopic (exact) mass is 191 g/mol. The molecule has 2 heteroatoms. The van der Waals surface area contributed by atoms with Crippen molar-refractivity contribution >= 4 is 11.6 Å². The molecule has 1 aromatic rings. The Labute approximate surface area is 82.9 Å². The van der Waals surface area contributed by atoms with Gasteiger partial charge in [0.2, 0.25) is 0 Å². The van der Waals surface area contributed by atoms with Crippen LogP contribution >= 0.6 is 11.6 Å². The van der Waals surface area contributed by atoms with Crippen molar-refractivity contribution in [1.82, 2.24) is 0 Å². The first kappa shape index (κ1) is 8.59. The number of rotatable bonds is 0. The van der Waals surface area contributed by atoms with E-state index in [0.717, 1.165) is 24.8 Å². The van der Waals surface area contributed by atoms with Gasteiger partial charge in [-0.3, -0.25) is 0 Å². The molecule has 0 amide bonds. The predicted octanol–water partition coefficient (Wildman–Crippen LogP) is 3.17. The Morgan fingerprint density at radius 2 is 2.31 bits per heavy atom. The number of hydrogen-bond donors (Lipinski definition) is 0. The molecular formula is C11H10ClN. The van der Waals surface area contributed by atoms with E-state index >= 15 is 0 Å². The van der Waals surface area contributed by atoms with Crippen molar-refractivity contribution in [2.45, 2.75) is 24.6 Å². The fraction of sp³-hybridized carbons (Fsp3) is 0.364. The molecule has 0 fully saturated rings. The van der Waals surface area contributed by atoms with Gasteiger partial charge in [0.05, 0.1) is 17.0 Å². The third-order valence-electron chi connectivity index (χ3n) is 2.52. The minimum atomic E-state index is 0.108. The number of aryl methyl sites for hydroxylation is 1. The summed E-state index contributed by atoms with van der Waals surface area (Å²) >= 11 is 6.17. The third kappa shape index (κ3) is 1.55. The highest BCUT2D eigenvalue weighted by molar-refractivity contribution is 6.21. The van der Waals surface area contributed by atoms with Gasteiger partial charge in [-0.25, -0.2) is 0 Å². The summed E-state index contributed by atoms with van der Waals surface area (Å²) in [5, 5.41) is 8.84. The van der Waals surface area contributed by atoms with Gasteiger partial charge in [-0.1, -0.05) is 6.07 Å². The van der Waals surface area contributed by atoms with Crippen LogP contribution in [0.5, 0.6) is 0 Å². The summed E-state index contributed by atoms with van der Waals surface area (Å²) in [5.41, 5.74) is 3.18. The van der Waals surface area contributed by atoms with Gasteiger partial charge in [0, 0.05) is 0 Å². The Bertz CT molecular complexity index is 365. The lowest BCUT2D eigenvalue weighted by Crippen LogP contribution is -2.05. The van der Waals surface area contributed by atoms with Crippen LogP contribution in [0, 0.1) is 11.3 Å². The van der Waals surface area contributed by atoms with E-state index in [4.69, 9.17) is 16.9 Å². The molecule has 1 atom stereocenters. The molecule has 1 aromatic carbocycles. The van der Waals surface area contributed by atoms with Gasteiger partial charge in [-0.05, 0) is 42.5 Å². The van der Waals surface area contributed by atoms with Crippen LogP contribution in [0.15, 0.2) is 18.2 Å². The second-order valence-corrected chi connectivity index (χ2v) is 3.91. The van der Waals surface area contributed by atoms with Crippen molar-refractivity contribution in [3.05, 3.63) is 34.9 Å². The first-order valence-corrected chi connectivity index (χ1v) is 4.92. The largest absolute Gasteiger partial charge is 0.192 e. The Hall–Kier alpha value is -1.00. The summed E-state index contributed by atoms with van der Waals surface area (Å²) in [5.74, 6) is 0. The molecule has 13 heavy (non-hydrogen) atoms. The fourth-order valence-electron chi connectivity index (χ4n) is 1.81. The van der Waals surface area contributed by atoms with E-state index < -0.39 is 0 Å². The maximum Gasteiger partial charge on any atom is 0.0991 e. The van der Waals surface area contributed by atoms with Crippen LogP contribution in [0.4, 0.5) is 0 Å². The summed E-state index contributed by atoms with van der Waals surface area (Å²) in [4.78, 5) is 0. The topological polar surface area (TPSA) is 23.8 Å². The Morgan fingerprint density at radius 3 is 3.08 bits per heavy atom. The molecule has 66 valence electrons. The molecule has 0 aliphatic heterocycles. The van der Waals surface area contributed by atoms with E-state index in [0.29, 0.717) is 5.56 Å². The van der Waals surface area contributed by atoms with Gasteiger partial charge >= 0.3 is 0 Å². The van der Waals surface area contributed by atoms with E-state index in [2.05, 4.69) is 6.07 Å². The second kappa shape index (κ2) is 3.40. The first-order valence-electron chi connectivity index (χ1n) is 4.48. The van der Waals surface area contributed by atoms with Crippen LogP contribution in [-0.2, 0) is 6.42 Å². The number of alkyl halides is 1. The molecule has 0 aromatic heterocycles. The second-order valence-electron chi connectivity index (χ2n) is 3.39. The molecule has 1 nitrogen and oxygen atoms in total. The van der Waals surface area contributed by atoms with E-state index in [1.165, 1.54) is 5.56 Å². The number of hydrogen-bond acceptors (Lipinski definition) is 1. The molecule has 0 saturated heterocycles. The van der Waals surface area contributed by atoms with Crippen molar-refractivity contribution in [3.63, 3.8) is 0 Å². The normalized spacial score (nSPS) is 20.5. The van der Waals surface area contributed by atoms with E-state index in [9.17, 15) is 0 Å². The maximum absolute atomic E-state index is 8.73. The quantitative estimate of drug-likeness (QED) is 0.578.